The van der Waals surface area contributed by atoms with Crippen LogP contribution in [0.3, 0.4) is 0 Å². The molecule has 110 valence electrons. The van der Waals surface area contributed by atoms with E-state index in [2.05, 4.69) is 10.6 Å². The minimum absolute atomic E-state index is 0.0827. The van der Waals surface area contributed by atoms with Gasteiger partial charge in [0.15, 0.2) is 0 Å². The lowest BCUT2D eigenvalue weighted by molar-refractivity contribution is -0.131. The first kappa shape index (κ1) is 14.7. The third-order valence-corrected chi connectivity index (χ3v) is 3.31. The van der Waals surface area contributed by atoms with Crippen molar-refractivity contribution in [2.75, 3.05) is 37.4 Å². The Kier molecular flexibility index (Phi) is 4.84. The van der Waals surface area contributed by atoms with E-state index < -0.39 is 0 Å². The molecule has 5 heteroatoms. The second kappa shape index (κ2) is 6.61. The molecule has 1 aliphatic heterocycles. The lowest BCUT2D eigenvalue weighted by Crippen LogP contribution is -2.47. The van der Waals surface area contributed by atoms with E-state index in [4.69, 9.17) is 4.74 Å². The molecular weight excluding hydrogens is 254 g/mol. The fraction of sp³-hybridized carbons (Fsp3) is 0.533. The molecule has 0 aromatic heterocycles. The average molecular weight is 277 g/mol. The highest BCUT2D eigenvalue weighted by atomic mass is 16.5. The van der Waals surface area contributed by atoms with Crippen LogP contribution in [0.4, 0.5) is 11.4 Å². The second-order valence-corrected chi connectivity index (χ2v) is 5.30. The van der Waals surface area contributed by atoms with Gasteiger partial charge in [0, 0.05) is 20.1 Å². The molecular formula is C15H23N3O2. The van der Waals surface area contributed by atoms with Gasteiger partial charge in [-0.2, -0.15) is 0 Å². The Labute approximate surface area is 120 Å². The standard InChI is InChI=1S/C15H23N3O2/c1-11(2)20-9-8-18(3)15(19)14-10-16-12-6-4-5-7-13(12)17-14/h4-7,11,14,16-17H,8-10H2,1-3H3. The summed E-state index contributed by atoms with van der Waals surface area (Å²) in [5, 5.41) is 6.56. The Balaban J connectivity index is 1.87. The van der Waals surface area contributed by atoms with Crippen molar-refractivity contribution in [3.8, 4) is 0 Å². The van der Waals surface area contributed by atoms with Gasteiger partial charge in [0.25, 0.3) is 0 Å². The number of hydrogen-bond donors (Lipinski definition) is 2. The summed E-state index contributed by atoms with van der Waals surface area (Å²) in [5.74, 6) is 0.0827. The van der Waals surface area contributed by atoms with Crippen molar-refractivity contribution in [2.45, 2.75) is 26.0 Å². The lowest BCUT2D eigenvalue weighted by atomic mass is 10.1. The van der Waals surface area contributed by atoms with Gasteiger partial charge in [0.2, 0.25) is 5.91 Å². The predicted octanol–water partition coefficient (Wildman–Crippen LogP) is 1.78. The summed E-state index contributed by atoms with van der Waals surface area (Å²) >= 11 is 0. The highest BCUT2D eigenvalue weighted by Crippen LogP contribution is 2.25. The number of para-hydroxylation sites is 2. The van der Waals surface area contributed by atoms with Crippen LogP contribution in [0.25, 0.3) is 0 Å². The number of amides is 1. The highest BCUT2D eigenvalue weighted by Gasteiger charge is 2.25. The Morgan fingerprint density at radius 1 is 1.40 bits per heavy atom. The molecule has 0 spiro atoms. The first-order chi connectivity index (χ1) is 9.58. The Bertz CT molecular complexity index is 462. The van der Waals surface area contributed by atoms with Crippen LogP contribution >= 0.6 is 0 Å². The highest BCUT2D eigenvalue weighted by molar-refractivity contribution is 5.88. The molecule has 0 radical (unpaired) electrons. The normalized spacial score (nSPS) is 17.1. The third kappa shape index (κ3) is 3.63. The number of rotatable bonds is 5. The summed E-state index contributed by atoms with van der Waals surface area (Å²) in [5.41, 5.74) is 2.02. The van der Waals surface area contributed by atoms with E-state index in [1.54, 1.807) is 4.90 Å². The van der Waals surface area contributed by atoms with Crippen molar-refractivity contribution >= 4 is 17.3 Å². The second-order valence-electron chi connectivity index (χ2n) is 5.30. The first-order valence-corrected chi connectivity index (χ1v) is 7.04. The van der Waals surface area contributed by atoms with Crippen molar-refractivity contribution in [3.05, 3.63) is 24.3 Å². The summed E-state index contributed by atoms with van der Waals surface area (Å²) < 4.78 is 5.48. The molecule has 2 N–H and O–H groups in total. The number of hydrogen-bond acceptors (Lipinski definition) is 4. The molecule has 1 atom stereocenters. The van der Waals surface area contributed by atoms with Crippen LogP contribution in [0, 0.1) is 0 Å². The summed E-state index contributed by atoms with van der Waals surface area (Å²) in [4.78, 5) is 14.1. The first-order valence-electron chi connectivity index (χ1n) is 7.04. The Morgan fingerprint density at radius 3 is 2.80 bits per heavy atom. The van der Waals surface area contributed by atoms with Crippen LogP contribution in [0.1, 0.15) is 13.8 Å². The maximum atomic E-state index is 12.4. The van der Waals surface area contributed by atoms with Gasteiger partial charge >= 0.3 is 0 Å². The number of benzene rings is 1. The van der Waals surface area contributed by atoms with Gasteiger partial charge in [-0.3, -0.25) is 4.79 Å². The molecule has 0 bridgehead atoms. The number of likely N-dealkylation sites (N-methyl/N-ethyl adjacent to an activating group) is 1. The Morgan fingerprint density at radius 2 is 2.10 bits per heavy atom. The zero-order valence-corrected chi connectivity index (χ0v) is 12.3. The largest absolute Gasteiger partial charge is 0.381 e. The van der Waals surface area contributed by atoms with Crippen molar-refractivity contribution in [1.82, 2.24) is 4.90 Å². The molecule has 0 fully saturated rings. The van der Waals surface area contributed by atoms with E-state index in [-0.39, 0.29) is 18.1 Å². The van der Waals surface area contributed by atoms with Gasteiger partial charge in [-0.25, -0.2) is 0 Å². The van der Waals surface area contributed by atoms with E-state index in [0.717, 1.165) is 11.4 Å². The number of carbonyl (C=O) groups excluding carboxylic acids is 1. The molecule has 1 aromatic carbocycles. The quantitative estimate of drug-likeness (QED) is 0.861. The average Bonchev–Trinajstić information content (AvgIpc) is 2.45. The zero-order chi connectivity index (χ0) is 14.5. The molecule has 1 aliphatic rings. The van der Waals surface area contributed by atoms with E-state index in [0.29, 0.717) is 19.7 Å². The molecule has 20 heavy (non-hydrogen) atoms. The lowest BCUT2D eigenvalue weighted by Gasteiger charge is -2.30. The maximum Gasteiger partial charge on any atom is 0.246 e. The topological polar surface area (TPSA) is 53.6 Å². The van der Waals surface area contributed by atoms with Crippen molar-refractivity contribution in [2.24, 2.45) is 0 Å². The molecule has 1 amide bonds. The van der Waals surface area contributed by atoms with E-state index in [9.17, 15) is 4.79 Å². The summed E-state index contributed by atoms with van der Waals surface area (Å²) in [7, 11) is 1.81. The zero-order valence-electron chi connectivity index (χ0n) is 12.3. The van der Waals surface area contributed by atoms with Gasteiger partial charge in [0.05, 0.1) is 24.1 Å². The molecule has 0 saturated heterocycles. The van der Waals surface area contributed by atoms with E-state index >= 15 is 0 Å². The molecule has 1 heterocycles. The fourth-order valence-corrected chi connectivity index (χ4v) is 2.16. The van der Waals surface area contributed by atoms with E-state index in [1.165, 1.54) is 0 Å². The molecule has 5 nitrogen and oxygen atoms in total. The van der Waals surface area contributed by atoms with Gasteiger partial charge in [-0.15, -0.1) is 0 Å². The van der Waals surface area contributed by atoms with Crippen LogP contribution in [0.5, 0.6) is 0 Å². The number of carbonyl (C=O) groups is 1. The summed E-state index contributed by atoms with van der Waals surface area (Å²) in [6.07, 6.45) is 0.194. The summed E-state index contributed by atoms with van der Waals surface area (Å²) in [6.45, 7) is 5.76. The van der Waals surface area contributed by atoms with Crippen LogP contribution in [-0.4, -0.2) is 49.7 Å². The Hall–Kier alpha value is -1.75. The van der Waals surface area contributed by atoms with Gasteiger partial charge in [-0.1, -0.05) is 12.1 Å². The molecule has 1 unspecified atom stereocenters. The van der Waals surface area contributed by atoms with Crippen LogP contribution < -0.4 is 10.6 Å². The molecule has 0 aliphatic carbocycles. The predicted molar refractivity (Wildman–Crippen MR) is 81.1 cm³/mol. The smallest absolute Gasteiger partial charge is 0.246 e. The number of anilines is 2. The summed E-state index contributed by atoms with van der Waals surface area (Å²) in [6, 6.07) is 7.69. The molecule has 0 saturated carbocycles. The minimum Gasteiger partial charge on any atom is -0.381 e. The van der Waals surface area contributed by atoms with Crippen molar-refractivity contribution in [1.29, 1.82) is 0 Å². The monoisotopic (exact) mass is 277 g/mol. The van der Waals surface area contributed by atoms with Crippen molar-refractivity contribution < 1.29 is 9.53 Å². The number of ether oxygens (including phenoxy) is 1. The fourth-order valence-electron chi connectivity index (χ4n) is 2.16. The molecule has 1 aromatic rings. The van der Waals surface area contributed by atoms with Crippen molar-refractivity contribution in [3.63, 3.8) is 0 Å². The minimum atomic E-state index is -0.228. The van der Waals surface area contributed by atoms with Crippen LogP contribution in [-0.2, 0) is 9.53 Å². The SMILES string of the molecule is CC(C)OCCN(C)C(=O)C1CNc2ccccc2N1. The number of nitrogens with one attached hydrogen (secondary N) is 2. The van der Waals surface area contributed by atoms with Crippen LogP contribution in [0.2, 0.25) is 0 Å². The van der Waals surface area contributed by atoms with Gasteiger partial charge in [-0.05, 0) is 26.0 Å². The number of fused-ring (bicyclic) bond motifs is 1. The molecule has 2 rings (SSSR count). The van der Waals surface area contributed by atoms with E-state index in [1.807, 2.05) is 45.2 Å². The third-order valence-electron chi connectivity index (χ3n) is 3.31. The van der Waals surface area contributed by atoms with Crippen LogP contribution in [0.15, 0.2) is 24.3 Å². The number of nitrogens with zero attached hydrogens (tertiary/aromatic N) is 1. The van der Waals surface area contributed by atoms with Gasteiger partial charge in [0.1, 0.15) is 6.04 Å². The van der Waals surface area contributed by atoms with Gasteiger partial charge < -0.3 is 20.3 Å². The maximum absolute atomic E-state index is 12.4.